The van der Waals surface area contributed by atoms with Gasteiger partial charge in [0.05, 0.1) is 26.4 Å². The first-order valence-electron chi connectivity index (χ1n) is 7.67. The monoisotopic (exact) mass is 295 g/mol. The third kappa shape index (κ3) is 8.17. The van der Waals surface area contributed by atoms with E-state index < -0.39 is 0 Å². The number of rotatable bonds is 12. The Morgan fingerprint density at radius 2 is 1.67 bits per heavy atom. The third-order valence-electron chi connectivity index (χ3n) is 3.58. The van der Waals surface area contributed by atoms with Crippen LogP contribution in [0.1, 0.15) is 17.5 Å². The zero-order valence-corrected chi connectivity index (χ0v) is 13.3. The molecule has 120 valence electrons. The molecular formula is C17H29NO3. The number of nitrogens with two attached hydrogens (primary N) is 1. The van der Waals surface area contributed by atoms with Crippen molar-refractivity contribution < 1.29 is 14.2 Å². The Balaban J connectivity index is 2.13. The molecule has 4 heteroatoms. The number of benzene rings is 1. The summed E-state index contributed by atoms with van der Waals surface area (Å²) in [6.07, 6.45) is 2.01. The molecule has 1 unspecified atom stereocenters. The van der Waals surface area contributed by atoms with E-state index in [4.69, 9.17) is 19.9 Å². The molecule has 0 aromatic heterocycles. The summed E-state index contributed by atoms with van der Waals surface area (Å²) in [5, 5.41) is 0. The van der Waals surface area contributed by atoms with Crippen LogP contribution in [0.3, 0.4) is 0 Å². The first-order valence-corrected chi connectivity index (χ1v) is 7.67. The maximum absolute atomic E-state index is 5.87. The highest BCUT2D eigenvalue weighted by atomic mass is 16.5. The van der Waals surface area contributed by atoms with Gasteiger partial charge < -0.3 is 19.9 Å². The summed E-state index contributed by atoms with van der Waals surface area (Å²) in [6, 6.07) is 8.49. The van der Waals surface area contributed by atoms with Crippen molar-refractivity contribution in [2.45, 2.75) is 19.8 Å². The van der Waals surface area contributed by atoms with E-state index in [0.717, 1.165) is 19.4 Å². The molecule has 0 aliphatic rings. The topological polar surface area (TPSA) is 53.7 Å². The Morgan fingerprint density at radius 1 is 1.00 bits per heavy atom. The summed E-state index contributed by atoms with van der Waals surface area (Å²) in [5.74, 6) is 0.473. The first kappa shape index (κ1) is 18.1. The average Bonchev–Trinajstić information content (AvgIpc) is 2.50. The maximum atomic E-state index is 5.87. The normalized spacial score (nSPS) is 12.5. The van der Waals surface area contributed by atoms with E-state index in [1.54, 1.807) is 7.11 Å². The van der Waals surface area contributed by atoms with Crippen molar-refractivity contribution in [1.29, 1.82) is 0 Å². The second-order valence-electron chi connectivity index (χ2n) is 5.24. The van der Waals surface area contributed by atoms with Gasteiger partial charge >= 0.3 is 0 Å². The van der Waals surface area contributed by atoms with Crippen LogP contribution in [0.4, 0.5) is 0 Å². The van der Waals surface area contributed by atoms with Crippen LogP contribution in [0.2, 0.25) is 0 Å². The molecule has 1 atom stereocenters. The van der Waals surface area contributed by atoms with E-state index in [2.05, 4.69) is 31.2 Å². The molecule has 21 heavy (non-hydrogen) atoms. The Labute approximate surface area is 128 Å². The van der Waals surface area contributed by atoms with Crippen LogP contribution < -0.4 is 5.73 Å². The van der Waals surface area contributed by atoms with E-state index in [-0.39, 0.29) is 0 Å². The Morgan fingerprint density at radius 3 is 2.33 bits per heavy atom. The van der Waals surface area contributed by atoms with Crippen molar-refractivity contribution >= 4 is 0 Å². The predicted octanol–water partition coefficient (Wildman–Crippen LogP) is 2.18. The van der Waals surface area contributed by atoms with Gasteiger partial charge in [0.2, 0.25) is 0 Å². The van der Waals surface area contributed by atoms with Crippen molar-refractivity contribution in [2.24, 2.45) is 11.7 Å². The summed E-state index contributed by atoms with van der Waals surface area (Å²) in [7, 11) is 1.67. The molecule has 0 saturated carbocycles. The van der Waals surface area contributed by atoms with Crippen LogP contribution in [0.5, 0.6) is 0 Å². The van der Waals surface area contributed by atoms with Gasteiger partial charge in [-0.1, -0.05) is 24.3 Å². The van der Waals surface area contributed by atoms with Crippen molar-refractivity contribution in [1.82, 2.24) is 0 Å². The lowest BCUT2D eigenvalue weighted by atomic mass is 9.94. The highest BCUT2D eigenvalue weighted by molar-refractivity contribution is 5.25. The largest absolute Gasteiger partial charge is 0.382 e. The number of hydrogen-bond acceptors (Lipinski definition) is 4. The summed E-state index contributed by atoms with van der Waals surface area (Å²) < 4.78 is 15.8. The zero-order chi connectivity index (χ0) is 15.3. The fraction of sp³-hybridized carbons (Fsp3) is 0.647. The molecule has 1 aromatic carbocycles. The average molecular weight is 295 g/mol. The first-order chi connectivity index (χ1) is 10.3. The minimum Gasteiger partial charge on any atom is -0.382 e. The van der Waals surface area contributed by atoms with Crippen LogP contribution in [0, 0.1) is 12.8 Å². The molecule has 0 spiro atoms. The SMILES string of the molecule is COCCOCCOCCC(CN)Cc1ccccc1C. The summed E-state index contributed by atoms with van der Waals surface area (Å²) in [4.78, 5) is 0. The summed E-state index contributed by atoms with van der Waals surface area (Å²) in [5.41, 5.74) is 8.59. The molecular weight excluding hydrogens is 266 g/mol. The molecule has 0 fully saturated rings. The molecule has 0 aliphatic carbocycles. The van der Waals surface area contributed by atoms with Gasteiger partial charge in [0.25, 0.3) is 0 Å². The van der Waals surface area contributed by atoms with Gasteiger partial charge in [-0.15, -0.1) is 0 Å². The van der Waals surface area contributed by atoms with Crippen molar-refractivity contribution in [2.75, 3.05) is 46.7 Å². The molecule has 1 rings (SSSR count). The van der Waals surface area contributed by atoms with Gasteiger partial charge in [-0.25, -0.2) is 0 Å². The molecule has 0 heterocycles. The van der Waals surface area contributed by atoms with Crippen molar-refractivity contribution in [3.05, 3.63) is 35.4 Å². The second-order valence-corrected chi connectivity index (χ2v) is 5.24. The minimum atomic E-state index is 0.473. The van der Waals surface area contributed by atoms with E-state index in [9.17, 15) is 0 Å². The Bertz CT molecular complexity index is 371. The van der Waals surface area contributed by atoms with Crippen molar-refractivity contribution in [3.63, 3.8) is 0 Å². The standard InChI is InChI=1S/C17H29NO3/c1-15-5-3-4-6-17(15)13-16(14-18)7-8-20-11-12-21-10-9-19-2/h3-6,16H,7-14,18H2,1-2H3. The van der Waals surface area contributed by atoms with Crippen LogP contribution in [-0.2, 0) is 20.6 Å². The van der Waals surface area contributed by atoms with Crippen LogP contribution in [0.25, 0.3) is 0 Å². The summed E-state index contributed by atoms with van der Waals surface area (Å²) in [6.45, 7) is 6.09. The maximum Gasteiger partial charge on any atom is 0.0701 e. The smallest absolute Gasteiger partial charge is 0.0701 e. The molecule has 0 saturated heterocycles. The minimum absolute atomic E-state index is 0.473. The van der Waals surface area contributed by atoms with Crippen LogP contribution >= 0.6 is 0 Å². The molecule has 4 nitrogen and oxygen atoms in total. The Hall–Kier alpha value is -0.940. The zero-order valence-electron chi connectivity index (χ0n) is 13.3. The molecule has 0 bridgehead atoms. The highest BCUT2D eigenvalue weighted by Crippen LogP contribution is 2.15. The molecule has 0 radical (unpaired) electrons. The van der Waals surface area contributed by atoms with Gasteiger partial charge in [0.15, 0.2) is 0 Å². The van der Waals surface area contributed by atoms with Crippen LogP contribution in [0.15, 0.2) is 24.3 Å². The van der Waals surface area contributed by atoms with Gasteiger partial charge in [-0.2, -0.15) is 0 Å². The quantitative estimate of drug-likeness (QED) is 0.601. The fourth-order valence-electron chi connectivity index (χ4n) is 2.17. The van der Waals surface area contributed by atoms with Crippen LogP contribution in [-0.4, -0.2) is 46.7 Å². The van der Waals surface area contributed by atoms with Gasteiger partial charge in [-0.3, -0.25) is 0 Å². The lowest BCUT2D eigenvalue weighted by Gasteiger charge is -2.16. The van der Waals surface area contributed by atoms with E-state index in [1.165, 1.54) is 11.1 Å². The molecule has 0 aliphatic heterocycles. The number of hydrogen-bond donors (Lipinski definition) is 1. The van der Waals surface area contributed by atoms with E-state index >= 15 is 0 Å². The van der Waals surface area contributed by atoms with E-state index in [1.807, 2.05) is 0 Å². The van der Waals surface area contributed by atoms with Gasteiger partial charge in [0, 0.05) is 13.7 Å². The summed E-state index contributed by atoms with van der Waals surface area (Å²) >= 11 is 0. The van der Waals surface area contributed by atoms with E-state index in [0.29, 0.717) is 38.9 Å². The number of ether oxygens (including phenoxy) is 3. The predicted molar refractivity (Wildman–Crippen MR) is 85.6 cm³/mol. The Kier molecular flexibility index (Phi) is 10.1. The third-order valence-corrected chi connectivity index (χ3v) is 3.58. The lowest BCUT2D eigenvalue weighted by Crippen LogP contribution is -2.20. The molecule has 1 aromatic rings. The fourth-order valence-corrected chi connectivity index (χ4v) is 2.17. The number of aryl methyl sites for hydroxylation is 1. The lowest BCUT2D eigenvalue weighted by molar-refractivity contribution is 0.0220. The molecule has 0 amide bonds. The second kappa shape index (κ2) is 11.7. The van der Waals surface area contributed by atoms with Crippen molar-refractivity contribution in [3.8, 4) is 0 Å². The number of methoxy groups -OCH3 is 1. The highest BCUT2D eigenvalue weighted by Gasteiger charge is 2.09. The van der Waals surface area contributed by atoms with Gasteiger partial charge in [0.1, 0.15) is 0 Å². The molecule has 2 N–H and O–H groups in total. The van der Waals surface area contributed by atoms with Gasteiger partial charge in [-0.05, 0) is 43.4 Å².